The fourth-order valence-corrected chi connectivity index (χ4v) is 2.94. The average molecular weight is 425 g/mol. The lowest BCUT2D eigenvalue weighted by Crippen LogP contribution is -2.41. The Kier molecular flexibility index (Phi) is 5.41. The van der Waals surface area contributed by atoms with Gasteiger partial charge in [-0.05, 0) is 46.3 Å². The Morgan fingerprint density at radius 2 is 1.82 bits per heavy atom. The van der Waals surface area contributed by atoms with Crippen molar-refractivity contribution in [2.24, 2.45) is 0 Å². The highest BCUT2D eigenvalue weighted by Gasteiger charge is 2.17. The van der Waals surface area contributed by atoms with Gasteiger partial charge in [-0.1, -0.05) is 23.2 Å². The summed E-state index contributed by atoms with van der Waals surface area (Å²) < 4.78 is 24.4. The van der Waals surface area contributed by atoms with Crippen molar-refractivity contribution in [2.75, 3.05) is 0 Å². The van der Waals surface area contributed by atoms with E-state index in [1.807, 2.05) is 4.83 Å². The molecular weight excluding hydrogens is 417 g/mol. The molecule has 116 valence electrons. The van der Waals surface area contributed by atoms with Gasteiger partial charge in [-0.15, -0.1) is 4.83 Å². The number of nitrogens with one attached hydrogen (secondary N) is 2. The molecule has 2 rings (SSSR count). The fourth-order valence-electron chi connectivity index (χ4n) is 1.40. The third-order valence-electron chi connectivity index (χ3n) is 2.49. The predicted octanol–water partition coefficient (Wildman–Crippen LogP) is 2.77. The molecular formula is C12H8BrCl2N3O3S. The number of hydrazine groups is 1. The number of amides is 1. The number of hydrogen-bond acceptors (Lipinski definition) is 4. The lowest BCUT2D eigenvalue weighted by molar-refractivity contribution is 0.0945. The van der Waals surface area contributed by atoms with E-state index in [0.29, 0.717) is 9.50 Å². The Morgan fingerprint density at radius 3 is 2.41 bits per heavy atom. The third kappa shape index (κ3) is 4.17. The van der Waals surface area contributed by atoms with Crippen LogP contribution in [0.5, 0.6) is 0 Å². The largest absolute Gasteiger partial charge is 0.273 e. The second-order valence-electron chi connectivity index (χ2n) is 4.01. The Labute approximate surface area is 145 Å². The molecule has 1 aromatic carbocycles. The van der Waals surface area contributed by atoms with E-state index < -0.39 is 15.9 Å². The SMILES string of the molecule is O=C(NNS(=O)(=O)c1cnc(Cl)c(Br)c1)c1ccc(Cl)cc1. The van der Waals surface area contributed by atoms with Crippen molar-refractivity contribution in [3.05, 3.63) is 56.7 Å². The number of nitrogens with zero attached hydrogens (tertiary/aromatic N) is 1. The minimum absolute atomic E-state index is 0.129. The van der Waals surface area contributed by atoms with Crippen LogP contribution in [0.1, 0.15) is 10.4 Å². The summed E-state index contributed by atoms with van der Waals surface area (Å²) in [6.45, 7) is 0. The van der Waals surface area contributed by atoms with E-state index in [1.54, 1.807) is 0 Å². The number of aromatic nitrogens is 1. The number of rotatable bonds is 4. The van der Waals surface area contributed by atoms with Gasteiger partial charge >= 0.3 is 0 Å². The van der Waals surface area contributed by atoms with Crippen molar-refractivity contribution < 1.29 is 13.2 Å². The molecule has 1 amide bonds. The number of hydrogen-bond donors (Lipinski definition) is 2. The minimum atomic E-state index is -3.97. The van der Waals surface area contributed by atoms with Crippen LogP contribution in [-0.2, 0) is 10.0 Å². The first-order valence-electron chi connectivity index (χ1n) is 5.68. The van der Waals surface area contributed by atoms with Crippen molar-refractivity contribution in [3.63, 3.8) is 0 Å². The molecule has 0 fully saturated rings. The highest BCUT2D eigenvalue weighted by atomic mass is 79.9. The number of halogens is 3. The van der Waals surface area contributed by atoms with E-state index in [0.717, 1.165) is 6.20 Å². The Bertz CT molecular complexity index is 813. The molecule has 0 bridgehead atoms. The third-order valence-corrected chi connectivity index (χ3v) is 5.09. The first-order chi connectivity index (χ1) is 10.3. The molecule has 0 radical (unpaired) electrons. The van der Waals surface area contributed by atoms with Crippen LogP contribution in [0.15, 0.2) is 45.9 Å². The van der Waals surface area contributed by atoms with E-state index in [9.17, 15) is 13.2 Å². The Balaban J connectivity index is 2.10. The molecule has 10 heteroatoms. The zero-order valence-electron chi connectivity index (χ0n) is 10.7. The summed E-state index contributed by atoms with van der Waals surface area (Å²) in [7, 11) is -3.97. The van der Waals surface area contributed by atoms with Crippen molar-refractivity contribution in [3.8, 4) is 0 Å². The lowest BCUT2D eigenvalue weighted by Gasteiger charge is -2.09. The molecule has 0 unspecified atom stereocenters. The summed E-state index contributed by atoms with van der Waals surface area (Å²) >= 11 is 14.5. The van der Waals surface area contributed by atoms with Crippen molar-refractivity contribution in [1.29, 1.82) is 0 Å². The Morgan fingerprint density at radius 1 is 1.18 bits per heavy atom. The number of pyridine rings is 1. The van der Waals surface area contributed by atoms with Gasteiger partial charge in [-0.25, -0.2) is 13.4 Å². The number of carbonyl (C=O) groups is 1. The van der Waals surface area contributed by atoms with Crippen LogP contribution in [0, 0.1) is 0 Å². The highest BCUT2D eigenvalue weighted by molar-refractivity contribution is 9.10. The molecule has 6 nitrogen and oxygen atoms in total. The first-order valence-corrected chi connectivity index (χ1v) is 8.71. The second-order valence-corrected chi connectivity index (χ2v) is 7.34. The zero-order valence-corrected chi connectivity index (χ0v) is 14.6. The molecule has 1 heterocycles. The summed E-state index contributed by atoms with van der Waals surface area (Å²) in [6, 6.07) is 7.24. The van der Waals surface area contributed by atoms with Crippen LogP contribution < -0.4 is 10.3 Å². The maximum Gasteiger partial charge on any atom is 0.266 e. The molecule has 0 spiro atoms. The number of carbonyl (C=O) groups excluding carboxylic acids is 1. The lowest BCUT2D eigenvalue weighted by atomic mass is 10.2. The molecule has 0 saturated carbocycles. The van der Waals surface area contributed by atoms with Gasteiger partial charge in [0.25, 0.3) is 15.9 Å². The molecule has 1 aromatic heterocycles. The van der Waals surface area contributed by atoms with Crippen LogP contribution in [0.4, 0.5) is 0 Å². The summed E-state index contributed by atoms with van der Waals surface area (Å²) in [5, 5.41) is 0.596. The maximum atomic E-state index is 12.0. The van der Waals surface area contributed by atoms with Crippen LogP contribution in [-0.4, -0.2) is 19.3 Å². The van der Waals surface area contributed by atoms with Gasteiger partial charge in [-0.3, -0.25) is 10.2 Å². The Hall–Kier alpha value is -1.19. The average Bonchev–Trinajstić information content (AvgIpc) is 2.48. The van der Waals surface area contributed by atoms with Crippen LogP contribution in [0.3, 0.4) is 0 Å². The normalized spacial score (nSPS) is 11.2. The van der Waals surface area contributed by atoms with Gasteiger partial charge in [0.15, 0.2) is 0 Å². The molecule has 2 aromatic rings. The molecule has 2 N–H and O–H groups in total. The van der Waals surface area contributed by atoms with Crippen LogP contribution in [0.25, 0.3) is 0 Å². The highest BCUT2D eigenvalue weighted by Crippen LogP contribution is 2.22. The zero-order chi connectivity index (χ0) is 16.3. The first kappa shape index (κ1) is 17.2. The molecule has 0 aliphatic heterocycles. The molecule has 0 saturated heterocycles. The van der Waals surface area contributed by atoms with Crippen molar-refractivity contribution in [1.82, 2.24) is 15.2 Å². The van der Waals surface area contributed by atoms with Crippen molar-refractivity contribution in [2.45, 2.75) is 4.90 Å². The summed E-state index contributed by atoms with van der Waals surface area (Å²) in [5.41, 5.74) is 2.35. The van der Waals surface area contributed by atoms with E-state index in [-0.39, 0.29) is 15.6 Å². The van der Waals surface area contributed by atoms with Gasteiger partial charge in [0.05, 0.1) is 4.47 Å². The van der Waals surface area contributed by atoms with E-state index in [2.05, 4.69) is 26.3 Å². The number of benzene rings is 1. The molecule has 22 heavy (non-hydrogen) atoms. The molecule has 0 aliphatic carbocycles. The summed E-state index contributed by atoms with van der Waals surface area (Å²) in [6.07, 6.45) is 1.07. The van der Waals surface area contributed by atoms with Gasteiger partial charge in [0, 0.05) is 16.8 Å². The van der Waals surface area contributed by atoms with Crippen LogP contribution in [0.2, 0.25) is 10.2 Å². The quantitative estimate of drug-likeness (QED) is 0.583. The smallest absolute Gasteiger partial charge is 0.266 e. The predicted molar refractivity (Wildman–Crippen MR) is 86.2 cm³/mol. The summed E-state index contributed by atoms with van der Waals surface area (Å²) in [4.78, 5) is 17.4. The van der Waals surface area contributed by atoms with Gasteiger partial charge in [0.1, 0.15) is 10.0 Å². The number of sulfonamides is 1. The van der Waals surface area contributed by atoms with E-state index in [1.165, 1.54) is 30.3 Å². The van der Waals surface area contributed by atoms with Gasteiger partial charge in [-0.2, -0.15) is 0 Å². The second kappa shape index (κ2) is 6.93. The topological polar surface area (TPSA) is 88.2 Å². The molecule has 0 atom stereocenters. The fraction of sp³-hybridized carbons (Fsp3) is 0. The summed E-state index contributed by atoms with van der Waals surface area (Å²) in [5.74, 6) is -0.624. The van der Waals surface area contributed by atoms with E-state index in [4.69, 9.17) is 23.2 Å². The van der Waals surface area contributed by atoms with Gasteiger partial charge in [0.2, 0.25) is 0 Å². The van der Waals surface area contributed by atoms with E-state index >= 15 is 0 Å². The standard InChI is InChI=1S/C12H8BrCl2N3O3S/c13-10-5-9(6-16-11(10)15)22(20,21)18-17-12(19)7-1-3-8(14)4-2-7/h1-6,18H,(H,17,19). The van der Waals surface area contributed by atoms with Gasteiger partial charge < -0.3 is 0 Å². The van der Waals surface area contributed by atoms with Crippen molar-refractivity contribution >= 4 is 55.1 Å². The molecule has 0 aliphatic rings. The van der Waals surface area contributed by atoms with Crippen LogP contribution >= 0.6 is 39.1 Å². The maximum absolute atomic E-state index is 12.0. The monoisotopic (exact) mass is 423 g/mol. The minimum Gasteiger partial charge on any atom is -0.273 e.